The zero-order chi connectivity index (χ0) is 15.1. The molecule has 0 spiro atoms. The van der Waals surface area contributed by atoms with Crippen molar-refractivity contribution in [2.45, 2.75) is 44.2 Å². The Morgan fingerprint density at radius 2 is 2.10 bits per heavy atom. The van der Waals surface area contributed by atoms with Crippen LogP contribution < -0.4 is 0 Å². The molecule has 1 rings (SSSR count). The normalized spacial score (nSPS) is 26.1. The lowest BCUT2D eigenvalue weighted by atomic mass is 9.89. The molecule has 0 aromatic heterocycles. The van der Waals surface area contributed by atoms with E-state index in [1.54, 1.807) is 13.2 Å². The van der Waals surface area contributed by atoms with Crippen LogP contribution in [-0.2, 0) is 14.2 Å². The Labute approximate surface area is 123 Å². The van der Waals surface area contributed by atoms with Crippen molar-refractivity contribution in [1.29, 1.82) is 0 Å². The van der Waals surface area contributed by atoms with Crippen LogP contribution in [0.25, 0.3) is 0 Å². The number of hydrogen-bond acceptors (Lipinski definition) is 4. The maximum Gasteiger partial charge on any atom is 0.169 e. The molecule has 0 heterocycles. The van der Waals surface area contributed by atoms with Crippen LogP contribution in [0.1, 0.15) is 12.8 Å². The van der Waals surface area contributed by atoms with Gasteiger partial charge < -0.3 is 19.3 Å². The quantitative estimate of drug-likeness (QED) is 0.268. The third-order valence-electron chi connectivity index (χ3n) is 2.88. The summed E-state index contributed by atoms with van der Waals surface area (Å²) in [5.41, 5.74) is 2.03. The van der Waals surface area contributed by atoms with E-state index in [9.17, 15) is 5.11 Å². The summed E-state index contributed by atoms with van der Waals surface area (Å²) in [6, 6.07) is 0. The minimum absolute atomic E-state index is 0.152. The summed E-state index contributed by atoms with van der Waals surface area (Å²) in [7, 11) is 0.101. The van der Waals surface area contributed by atoms with Crippen molar-refractivity contribution in [3.05, 3.63) is 12.2 Å². The number of aliphatic hydroxyl groups is 1. The molecule has 0 unspecified atom stereocenters. The average Bonchev–Trinajstić information content (AvgIpc) is 2.38. The Balaban J connectivity index is 2.58. The molecule has 0 fully saturated rings. The molecule has 0 bridgehead atoms. The number of methoxy groups -OCH3 is 1. The molecule has 0 saturated carbocycles. The first-order valence-corrected chi connectivity index (χ1v) is 10.5. The predicted molar refractivity (Wildman–Crippen MR) is 82.0 cm³/mol. The van der Waals surface area contributed by atoms with Crippen LogP contribution in [0.2, 0.25) is 19.6 Å². The fourth-order valence-corrected chi connectivity index (χ4v) is 2.36. The fraction of sp³-hybridized carbons (Fsp3) is 0.733. The molecule has 0 amide bonds. The summed E-state index contributed by atoms with van der Waals surface area (Å²) in [6.07, 6.45) is 5.02. The first kappa shape index (κ1) is 17.4. The van der Waals surface area contributed by atoms with Crippen molar-refractivity contribution >= 4 is 8.07 Å². The van der Waals surface area contributed by atoms with Crippen LogP contribution >= 0.6 is 0 Å². The van der Waals surface area contributed by atoms with E-state index in [1.165, 1.54) is 0 Å². The number of allylic oxidation sites excluding steroid dienone is 1. The molecule has 0 aromatic rings. The van der Waals surface area contributed by atoms with Crippen molar-refractivity contribution in [1.82, 2.24) is 0 Å². The highest BCUT2D eigenvalue weighted by Gasteiger charge is 2.35. The second-order valence-electron chi connectivity index (χ2n) is 5.98. The first-order valence-electron chi connectivity index (χ1n) is 7.00. The molecule has 0 aromatic carbocycles. The molecule has 114 valence electrons. The minimum Gasteiger partial charge on any atom is -0.382 e. The maximum atomic E-state index is 10.7. The maximum absolute atomic E-state index is 10.7. The van der Waals surface area contributed by atoms with Gasteiger partial charge in [-0.15, -0.1) is 5.54 Å². The third-order valence-corrected chi connectivity index (χ3v) is 3.76. The fourth-order valence-electron chi connectivity index (χ4n) is 1.79. The third kappa shape index (κ3) is 6.20. The van der Waals surface area contributed by atoms with E-state index in [4.69, 9.17) is 14.2 Å². The summed E-state index contributed by atoms with van der Waals surface area (Å²) in [4.78, 5) is 0. The van der Waals surface area contributed by atoms with Gasteiger partial charge in [0.15, 0.2) is 5.60 Å². The molecular weight excluding hydrogens is 272 g/mol. The van der Waals surface area contributed by atoms with E-state index < -0.39 is 13.7 Å². The molecule has 1 aliphatic carbocycles. The first-order chi connectivity index (χ1) is 9.37. The Morgan fingerprint density at radius 1 is 1.35 bits per heavy atom. The van der Waals surface area contributed by atoms with Crippen molar-refractivity contribution < 1.29 is 19.3 Å². The molecule has 2 atom stereocenters. The van der Waals surface area contributed by atoms with Gasteiger partial charge in [0, 0.05) is 7.11 Å². The summed E-state index contributed by atoms with van der Waals surface area (Å²) >= 11 is 0. The van der Waals surface area contributed by atoms with E-state index in [-0.39, 0.29) is 12.9 Å². The Kier molecular flexibility index (Phi) is 6.93. The van der Waals surface area contributed by atoms with Gasteiger partial charge in [-0.2, -0.15) is 0 Å². The lowest BCUT2D eigenvalue weighted by Gasteiger charge is -2.32. The summed E-state index contributed by atoms with van der Waals surface area (Å²) < 4.78 is 15.8. The van der Waals surface area contributed by atoms with Crippen LogP contribution in [0.4, 0.5) is 0 Å². The van der Waals surface area contributed by atoms with Crippen LogP contribution in [0.3, 0.4) is 0 Å². The molecule has 1 aliphatic rings. The van der Waals surface area contributed by atoms with Gasteiger partial charge in [-0.25, -0.2) is 0 Å². The Bertz CT molecular complexity index is 378. The van der Waals surface area contributed by atoms with Gasteiger partial charge in [0.25, 0.3) is 0 Å². The van der Waals surface area contributed by atoms with Gasteiger partial charge in [-0.05, 0) is 18.9 Å². The molecule has 4 nitrogen and oxygen atoms in total. The van der Waals surface area contributed by atoms with Gasteiger partial charge in [-0.3, -0.25) is 0 Å². The zero-order valence-corrected chi connectivity index (χ0v) is 13.9. The van der Waals surface area contributed by atoms with E-state index in [2.05, 4.69) is 31.1 Å². The van der Waals surface area contributed by atoms with Gasteiger partial charge in [-0.1, -0.05) is 31.6 Å². The Morgan fingerprint density at radius 3 is 2.75 bits per heavy atom. The smallest absolute Gasteiger partial charge is 0.169 e. The van der Waals surface area contributed by atoms with Crippen LogP contribution in [-0.4, -0.2) is 52.0 Å². The largest absolute Gasteiger partial charge is 0.382 e. The van der Waals surface area contributed by atoms with Crippen LogP contribution in [0, 0.1) is 11.5 Å². The molecule has 0 radical (unpaired) electrons. The SMILES string of the molecule is COCCOCO[C@@H]1CCC=C[C@]1(O)C#C[Si](C)(C)C. The molecular formula is C15H26O4Si. The number of rotatable bonds is 6. The Hall–Kier alpha value is -0.643. The van der Waals surface area contributed by atoms with Crippen LogP contribution in [0.15, 0.2) is 12.2 Å². The standard InChI is InChI=1S/C15H26O4Si/c1-17-10-11-18-13-19-14-7-5-6-8-15(14,16)9-12-20(2,3)4/h6,8,14,16H,5,7,10-11,13H2,1-4H3/t14-,15+/m1/s1. The number of ether oxygens (including phenoxy) is 3. The summed E-state index contributed by atoms with van der Waals surface area (Å²) in [5.74, 6) is 3.02. The summed E-state index contributed by atoms with van der Waals surface area (Å²) in [6.45, 7) is 7.63. The lowest BCUT2D eigenvalue weighted by Crippen LogP contribution is -2.43. The second kappa shape index (κ2) is 7.96. The highest BCUT2D eigenvalue weighted by Crippen LogP contribution is 2.25. The van der Waals surface area contributed by atoms with Gasteiger partial charge in [0.1, 0.15) is 21.0 Å². The van der Waals surface area contributed by atoms with Gasteiger partial charge in [0.05, 0.1) is 13.2 Å². The van der Waals surface area contributed by atoms with Crippen LogP contribution in [0.5, 0.6) is 0 Å². The highest BCUT2D eigenvalue weighted by molar-refractivity contribution is 6.83. The van der Waals surface area contributed by atoms with Crippen molar-refractivity contribution in [3.63, 3.8) is 0 Å². The lowest BCUT2D eigenvalue weighted by molar-refractivity contribution is -0.139. The monoisotopic (exact) mass is 298 g/mol. The average molecular weight is 298 g/mol. The minimum atomic E-state index is -1.52. The highest BCUT2D eigenvalue weighted by atomic mass is 28.3. The molecule has 0 aliphatic heterocycles. The van der Waals surface area contributed by atoms with Crippen molar-refractivity contribution in [2.24, 2.45) is 0 Å². The number of hydrogen-bond donors (Lipinski definition) is 1. The van der Waals surface area contributed by atoms with E-state index in [1.807, 2.05) is 6.08 Å². The predicted octanol–water partition coefficient (Wildman–Crippen LogP) is 1.95. The molecule has 20 heavy (non-hydrogen) atoms. The molecule has 5 heteroatoms. The second-order valence-corrected chi connectivity index (χ2v) is 10.7. The van der Waals surface area contributed by atoms with Gasteiger partial charge >= 0.3 is 0 Å². The topological polar surface area (TPSA) is 47.9 Å². The van der Waals surface area contributed by atoms with Crippen molar-refractivity contribution in [2.75, 3.05) is 27.1 Å². The van der Waals surface area contributed by atoms with Crippen molar-refractivity contribution in [3.8, 4) is 11.5 Å². The zero-order valence-electron chi connectivity index (χ0n) is 12.9. The molecule has 0 saturated heterocycles. The molecule has 1 N–H and O–H groups in total. The van der Waals surface area contributed by atoms with E-state index >= 15 is 0 Å². The van der Waals surface area contributed by atoms with Gasteiger partial charge in [0.2, 0.25) is 0 Å². The van der Waals surface area contributed by atoms with E-state index in [0.29, 0.717) is 13.2 Å². The summed E-state index contributed by atoms with van der Waals surface area (Å²) in [5, 5.41) is 10.7. The van der Waals surface area contributed by atoms with E-state index in [0.717, 1.165) is 12.8 Å².